The van der Waals surface area contributed by atoms with Gasteiger partial charge in [0.05, 0.1) is 5.41 Å². The second kappa shape index (κ2) is 7.20. The molecule has 2 N–H and O–H groups in total. The number of nitrogens with zero attached hydrogens (tertiary/aromatic N) is 1. The molecule has 0 bridgehead atoms. The van der Waals surface area contributed by atoms with Crippen molar-refractivity contribution in [3.05, 3.63) is 16.3 Å². The Hall–Kier alpha value is -1.45. The van der Waals surface area contributed by atoms with E-state index in [1.165, 1.54) is 10.4 Å². The van der Waals surface area contributed by atoms with E-state index in [4.69, 9.17) is 5.11 Å². The molecule has 134 valence electrons. The van der Waals surface area contributed by atoms with Crippen LogP contribution < -0.4 is 5.32 Å². The summed E-state index contributed by atoms with van der Waals surface area (Å²) >= 11 is 1.07. The number of carbonyl (C=O) groups excluding carboxylic acids is 1. The molecule has 1 saturated heterocycles. The predicted molar refractivity (Wildman–Crippen MR) is 90.7 cm³/mol. The molecule has 1 amide bonds. The third-order valence-electron chi connectivity index (χ3n) is 4.13. The quantitative estimate of drug-likeness (QED) is 0.757. The van der Waals surface area contributed by atoms with Crippen molar-refractivity contribution in [3.63, 3.8) is 0 Å². The number of hydrogen-bond acceptors (Lipinski definition) is 5. The summed E-state index contributed by atoms with van der Waals surface area (Å²) in [4.78, 5) is 23.6. The summed E-state index contributed by atoms with van der Waals surface area (Å²) in [7, 11) is -3.65. The van der Waals surface area contributed by atoms with Gasteiger partial charge in [0.15, 0.2) is 0 Å². The van der Waals surface area contributed by atoms with Crippen molar-refractivity contribution in [2.24, 2.45) is 5.41 Å². The average molecular weight is 374 g/mol. The minimum Gasteiger partial charge on any atom is -0.481 e. The number of carbonyl (C=O) groups is 2. The first-order chi connectivity index (χ1) is 11.2. The molecular weight excluding hydrogens is 352 g/mol. The standard InChI is InChI=1S/C15H22N2O5S2/c1-15(2,14(19)20)6-7-16-13(18)12-11(5-10-23-12)24(21,22)17-8-3-4-9-17/h5,10H,3-4,6-9H2,1-2H3,(H,16,18)(H,19,20). The highest BCUT2D eigenvalue weighted by Crippen LogP contribution is 2.27. The number of hydrogen-bond donors (Lipinski definition) is 2. The maximum Gasteiger partial charge on any atom is 0.309 e. The van der Waals surface area contributed by atoms with Crippen molar-refractivity contribution in [2.75, 3.05) is 19.6 Å². The number of sulfonamides is 1. The van der Waals surface area contributed by atoms with Gasteiger partial charge in [0.1, 0.15) is 9.77 Å². The summed E-state index contributed by atoms with van der Waals surface area (Å²) < 4.78 is 26.6. The zero-order chi connectivity index (χ0) is 18.0. The lowest BCUT2D eigenvalue weighted by Gasteiger charge is -2.19. The number of nitrogens with one attached hydrogen (secondary N) is 1. The molecule has 0 unspecified atom stereocenters. The maximum absolute atomic E-state index is 12.6. The Morgan fingerprint density at radius 3 is 2.54 bits per heavy atom. The van der Waals surface area contributed by atoms with Crippen LogP contribution in [0.5, 0.6) is 0 Å². The Morgan fingerprint density at radius 1 is 1.33 bits per heavy atom. The minimum absolute atomic E-state index is 0.0318. The van der Waals surface area contributed by atoms with E-state index in [1.54, 1.807) is 19.2 Å². The molecule has 0 spiro atoms. The van der Waals surface area contributed by atoms with Crippen LogP contribution in [0.25, 0.3) is 0 Å². The summed E-state index contributed by atoms with van der Waals surface area (Å²) in [5.41, 5.74) is -0.951. The van der Waals surface area contributed by atoms with Gasteiger partial charge in [-0.3, -0.25) is 9.59 Å². The summed E-state index contributed by atoms with van der Waals surface area (Å²) in [5.74, 6) is -1.42. The van der Waals surface area contributed by atoms with Crippen molar-refractivity contribution >= 4 is 33.2 Å². The van der Waals surface area contributed by atoms with E-state index in [9.17, 15) is 18.0 Å². The molecule has 1 aliphatic heterocycles. The van der Waals surface area contributed by atoms with Crippen LogP contribution in [-0.2, 0) is 14.8 Å². The van der Waals surface area contributed by atoms with Gasteiger partial charge in [-0.2, -0.15) is 4.31 Å². The maximum atomic E-state index is 12.6. The van der Waals surface area contributed by atoms with E-state index in [-0.39, 0.29) is 22.7 Å². The Bertz CT molecular complexity index is 718. The molecule has 1 aromatic heterocycles. The van der Waals surface area contributed by atoms with Gasteiger partial charge in [0.2, 0.25) is 10.0 Å². The first-order valence-electron chi connectivity index (χ1n) is 7.75. The minimum atomic E-state index is -3.65. The lowest BCUT2D eigenvalue weighted by molar-refractivity contribution is -0.147. The van der Waals surface area contributed by atoms with Gasteiger partial charge < -0.3 is 10.4 Å². The Balaban J connectivity index is 2.07. The number of rotatable bonds is 7. The van der Waals surface area contributed by atoms with E-state index >= 15 is 0 Å². The van der Waals surface area contributed by atoms with E-state index in [1.807, 2.05) is 0 Å². The molecule has 1 aromatic rings. The zero-order valence-corrected chi connectivity index (χ0v) is 15.4. The monoisotopic (exact) mass is 374 g/mol. The van der Waals surface area contributed by atoms with Crippen LogP contribution in [0.15, 0.2) is 16.3 Å². The Kier molecular flexibility index (Phi) is 5.67. The lowest BCUT2D eigenvalue weighted by atomic mass is 9.90. The fourth-order valence-corrected chi connectivity index (χ4v) is 5.24. The van der Waals surface area contributed by atoms with Crippen LogP contribution >= 0.6 is 11.3 Å². The molecule has 2 rings (SSSR count). The summed E-state index contributed by atoms with van der Waals surface area (Å²) in [6, 6.07) is 1.45. The first-order valence-corrected chi connectivity index (χ1v) is 10.1. The van der Waals surface area contributed by atoms with Gasteiger partial charge in [0, 0.05) is 19.6 Å². The van der Waals surface area contributed by atoms with Crippen LogP contribution in [0.2, 0.25) is 0 Å². The number of carboxylic acids is 1. The van der Waals surface area contributed by atoms with Crippen LogP contribution in [0, 0.1) is 5.41 Å². The topological polar surface area (TPSA) is 104 Å². The van der Waals surface area contributed by atoms with Gasteiger partial charge in [-0.1, -0.05) is 0 Å². The molecule has 1 aliphatic rings. The van der Waals surface area contributed by atoms with Crippen LogP contribution in [0.1, 0.15) is 42.8 Å². The molecular formula is C15H22N2O5S2. The third kappa shape index (κ3) is 3.96. The first kappa shape index (κ1) is 18.9. The third-order valence-corrected chi connectivity index (χ3v) is 7.12. The lowest BCUT2D eigenvalue weighted by Crippen LogP contribution is -2.33. The number of carboxylic acid groups (broad SMARTS) is 1. The van der Waals surface area contributed by atoms with E-state index in [0.29, 0.717) is 13.1 Å². The highest BCUT2D eigenvalue weighted by molar-refractivity contribution is 7.89. The molecule has 0 aromatic carbocycles. The summed E-state index contributed by atoms with van der Waals surface area (Å²) in [5, 5.41) is 13.3. The predicted octanol–water partition coefficient (Wildman–Crippen LogP) is 1.76. The van der Waals surface area contributed by atoms with Gasteiger partial charge in [-0.15, -0.1) is 11.3 Å². The summed E-state index contributed by atoms with van der Waals surface area (Å²) in [6.07, 6.45) is 1.91. The second-order valence-corrected chi connectivity index (χ2v) is 9.24. The van der Waals surface area contributed by atoms with Crippen molar-refractivity contribution < 1.29 is 23.1 Å². The molecule has 0 radical (unpaired) electrons. The fraction of sp³-hybridized carbons (Fsp3) is 0.600. The van der Waals surface area contributed by atoms with E-state index < -0.39 is 27.3 Å². The zero-order valence-electron chi connectivity index (χ0n) is 13.7. The Labute approximate surface area is 145 Å². The second-order valence-electron chi connectivity index (χ2n) is 6.42. The number of thiophene rings is 1. The van der Waals surface area contributed by atoms with Crippen LogP contribution in [-0.4, -0.2) is 49.3 Å². The summed E-state index contributed by atoms with van der Waals surface area (Å²) in [6.45, 7) is 4.28. The number of amides is 1. The molecule has 9 heteroatoms. The molecule has 7 nitrogen and oxygen atoms in total. The van der Waals surface area contributed by atoms with Crippen LogP contribution in [0.3, 0.4) is 0 Å². The van der Waals surface area contributed by atoms with Crippen molar-refractivity contribution in [2.45, 2.75) is 38.0 Å². The molecule has 0 saturated carbocycles. The average Bonchev–Trinajstić information content (AvgIpc) is 3.18. The molecule has 2 heterocycles. The highest BCUT2D eigenvalue weighted by atomic mass is 32.2. The SMILES string of the molecule is CC(C)(CCNC(=O)c1sccc1S(=O)(=O)N1CCCC1)C(=O)O. The van der Waals surface area contributed by atoms with E-state index in [2.05, 4.69) is 5.32 Å². The van der Waals surface area contributed by atoms with Crippen molar-refractivity contribution in [1.29, 1.82) is 0 Å². The highest BCUT2D eigenvalue weighted by Gasteiger charge is 2.32. The van der Waals surface area contributed by atoms with Crippen molar-refractivity contribution in [3.8, 4) is 0 Å². The normalized spacial score (nSPS) is 16.2. The smallest absolute Gasteiger partial charge is 0.309 e. The molecule has 0 aliphatic carbocycles. The van der Waals surface area contributed by atoms with Crippen LogP contribution in [0.4, 0.5) is 0 Å². The van der Waals surface area contributed by atoms with Gasteiger partial charge in [0.25, 0.3) is 5.91 Å². The largest absolute Gasteiger partial charge is 0.481 e. The van der Waals surface area contributed by atoms with Crippen molar-refractivity contribution in [1.82, 2.24) is 9.62 Å². The van der Waals surface area contributed by atoms with Gasteiger partial charge in [-0.25, -0.2) is 8.42 Å². The van der Waals surface area contributed by atoms with Gasteiger partial charge in [-0.05, 0) is 44.6 Å². The fourth-order valence-electron chi connectivity index (χ4n) is 2.41. The molecule has 1 fully saturated rings. The Morgan fingerprint density at radius 2 is 1.96 bits per heavy atom. The molecule has 24 heavy (non-hydrogen) atoms. The van der Waals surface area contributed by atoms with E-state index in [0.717, 1.165) is 24.2 Å². The number of aliphatic carboxylic acids is 1. The van der Waals surface area contributed by atoms with Gasteiger partial charge >= 0.3 is 5.97 Å². The molecule has 0 atom stereocenters.